The molecule has 0 spiro atoms. The second kappa shape index (κ2) is 8.05. The zero-order chi connectivity index (χ0) is 23.0. The molecule has 13 heteroatoms. The molecule has 0 aliphatic rings. The third kappa shape index (κ3) is 4.18. The summed E-state index contributed by atoms with van der Waals surface area (Å²) in [7, 11) is 0. The van der Waals surface area contributed by atoms with E-state index in [9.17, 15) is 26.7 Å². The molecule has 3 N–H and O–H groups in total. The standard InChI is InChI=1S/C19H16F5N7O/c1-9(19(22,23)24)29-18-28-5-12-11(4-26-16(12)30-18)10-2-3-15-25-6-13(31(15)8-10)17(32)27-7-14(20)21/h2-6,8-9,14H,7H2,1H3,(H,27,32)(H2,26,28,29,30)/t9-/m0/s1. The summed E-state index contributed by atoms with van der Waals surface area (Å²) in [6.45, 7) is 0.179. The van der Waals surface area contributed by atoms with Crippen molar-refractivity contribution in [2.24, 2.45) is 0 Å². The van der Waals surface area contributed by atoms with Gasteiger partial charge in [0.25, 0.3) is 12.3 Å². The van der Waals surface area contributed by atoms with Gasteiger partial charge >= 0.3 is 6.18 Å². The fourth-order valence-electron chi connectivity index (χ4n) is 3.06. The molecule has 168 valence electrons. The second-order valence-corrected chi connectivity index (χ2v) is 6.96. The average Bonchev–Trinajstić information content (AvgIpc) is 3.34. The van der Waals surface area contributed by atoms with Crippen LogP contribution in [-0.2, 0) is 0 Å². The number of hydrogen-bond acceptors (Lipinski definition) is 5. The lowest BCUT2D eigenvalue weighted by atomic mass is 10.1. The SMILES string of the molecule is C[C@H](Nc1ncc2c(-c3ccc4ncc(C(=O)NCC(F)F)n4c3)c[nH]c2n1)C(F)(F)F. The summed E-state index contributed by atoms with van der Waals surface area (Å²) >= 11 is 0. The van der Waals surface area contributed by atoms with E-state index < -0.39 is 31.1 Å². The number of carbonyl (C=O) groups excluding carboxylic acids is 1. The van der Waals surface area contributed by atoms with Gasteiger partial charge in [-0.25, -0.2) is 18.7 Å². The first-order valence-electron chi connectivity index (χ1n) is 9.34. The van der Waals surface area contributed by atoms with E-state index in [-0.39, 0.29) is 11.6 Å². The first kappa shape index (κ1) is 21.5. The van der Waals surface area contributed by atoms with Gasteiger partial charge in [-0.3, -0.25) is 9.20 Å². The second-order valence-electron chi connectivity index (χ2n) is 6.96. The Morgan fingerprint density at radius 1 is 1.22 bits per heavy atom. The van der Waals surface area contributed by atoms with Crippen molar-refractivity contribution < 1.29 is 26.7 Å². The summed E-state index contributed by atoms with van der Waals surface area (Å²) in [5, 5.41) is 4.88. The van der Waals surface area contributed by atoms with Crippen molar-refractivity contribution in [2.45, 2.75) is 25.6 Å². The van der Waals surface area contributed by atoms with Gasteiger partial charge in [0.2, 0.25) is 5.95 Å². The summed E-state index contributed by atoms with van der Waals surface area (Å²) in [4.78, 5) is 27.2. The predicted octanol–water partition coefficient (Wildman–Crippen LogP) is 3.63. The minimum absolute atomic E-state index is 0.0752. The summed E-state index contributed by atoms with van der Waals surface area (Å²) < 4.78 is 64.5. The maximum absolute atomic E-state index is 12.8. The molecule has 4 heterocycles. The number of alkyl halides is 5. The monoisotopic (exact) mass is 453 g/mol. The molecule has 0 aliphatic carbocycles. The molecule has 0 aliphatic heterocycles. The Morgan fingerprint density at radius 3 is 2.72 bits per heavy atom. The van der Waals surface area contributed by atoms with E-state index >= 15 is 0 Å². The number of fused-ring (bicyclic) bond motifs is 2. The largest absolute Gasteiger partial charge is 0.408 e. The average molecular weight is 453 g/mol. The number of aromatic amines is 1. The third-order valence-electron chi connectivity index (χ3n) is 4.73. The lowest BCUT2D eigenvalue weighted by Gasteiger charge is -2.16. The molecular weight excluding hydrogens is 437 g/mol. The molecule has 0 unspecified atom stereocenters. The van der Waals surface area contributed by atoms with Crippen LogP contribution in [0.25, 0.3) is 27.8 Å². The summed E-state index contributed by atoms with van der Waals surface area (Å²) in [5.41, 5.74) is 2.07. The van der Waals surface area contributed by atoms with Crippen LogP contribution >= 0.6 is 0 Å². The fraction of sp³-hybridized carbons (Fsp3) is 0.263. The number of carbonyl (C=O) groups is 1. The number of H-pyrrole nitrogens is 1. The molecule has 4 rings (SSSR count). The Kier molecular flexibility index (Phi) is 5.40. The van der Waals surface area contributed by atoms with E-state index in [1.165, 1.54) is 16.8 Å². The van der Waals surface area contributed by atoms with E-state index in [1.807, 2.05) is 0 Å². The molecule has 1 amide bonds. The molecule has 0 bridgehead atoms. The van der Waals surface area contributed by atoms with E-state index in [1.54, 1.807) is 24.5 Å². The number of halogens is 5. The molecule has 32 heavy (non-hydrogen) atoms. The van der Waals surface area contributed by atoms with Crippen molar-refractivity contribution in [1.29, 1.82) is 0 Å². The number of nitrogens with zero attached hydrogens (tertiary/aromatic N) is 4. The highest BCUT2D eigenvalue weighted by Gasteiger charge is 2.36. The minimum atomic E-state index is -4.45. The number of pyridine rings is 1. The minimum Gasteiger partial charge on any atom is -0.345 e. The van der Waals surface area contributed by atoms with Crippen LogP contribution in [0.3, 0.4) is 0 Å². The summed E-state index contributed by atoms with van der Waals surface area (Å²) in [6, 6.07) is 1.54. The van der Waals surface area contributed by atoms with Gasteiger partial charge in [0, 0.05) is 35.1 Å². The van der Waals surface area contributed by atoms with Crippen molar-refractivity contribution in [2.75, 3.05) is 11.9 Å². The van der Waals surface area contributed by atoms with E-state index in [2.05, 4.69) is 30.6 Å². The van der Waals surface area contributed by atoms with E-state index in [0.29, 0.717) is 27.8 Å². The van der Waals surface area contributed by atoms with Gasteiger partial charge in [0.1, 0.15) is 23.0 Å². The Balaban J connectivity index is 1.66. The molecule has 0 saturated carbocycles. The van der Waals surface area contributed by atoms with Crippen molar-refractivity contribution in [3.8, 4) is 11.1 Å². The Hall–Kier alpha value is -3.77. The molecule has 8 nitrogen and oxygen atoms in total. The number of anilines is 1. The zero-order valence-corrected chi connectivity index (χ0v) is 16.4. The summed E-state index contributed by atoms with van der Waals surface area (Å²) in [5.74, 6) is -0.884. The van der Waals surface area contributed by atoms with Gasteiger partial charge in [0.15, 0.2) is 0 Å². The maximum atomic E-state index is 12.8. The molecular formula is C19H16F5N7O. The Morgan fingerprint density at radius 2 is 2.00 bits per heavy atom. The van der Waals surface area contributed by atoms with Crippen molar-refractivity contribution in [3.05, 3.63) is 42.6 Å². The fourth-order valence-corrected chi connectivity index (χ4v) is 3.06. The molecule has 4 aromatic rings. The van der Waals surface area contributed by atoms with Crippen molar-refractivity contribution in [3.63, 3.8) is 0 Å². The first-order valence-corrected chi connectivity index (χ1v) is 9.34. The smallest absolute Gasteiger partial charge is 0.345 e. The highest BCUT2D eigenvalue weighted by Crippen LogP contribution is 2.29. The number of nitrogens with one attached hydrogen (secondary N) is 3. The molecule has 0 fully saturated rings. The summed E-state index contributed by atoms with van der Waals surface area (Å²) in [6.07, 6.45) is -1.27. The van der Waals surface area contributed by atoms with E-state index in [0.717, 1.165) is 6.92 Å². The van der Waals surface area contributed by atoms with Gasteiger partial charge < -0.3 is 15.6 Å². The van der Waals surface area contributed by atoms with Crippen LogP contribution in [0.2, 0.25) is 0 Å². The van der Waals surface area contributed by atoms with Crippen LogP contribution < -0.4 is 10.6 Å². The Labute approximate surface area is 176 Å². The van der Waals surface area contributed by atoms with Gasteiger partial charge in [-0.15, -0.1) is 0 Å². The normalized spacial score (nSPS) is 13.1. The highest BCUT2D eigenvalue weighted by molar-refractivity contribution is 5.95. The van der Waals surface area contributed by atoms with Gasteiger partial charge in [-0.2, -0.15) is 18.2 Å². The number of aromatic nitrogens is 5. The van der Waals surface area contributed by atoms with E-state index in [4.69, 9.17) is 0 Å². The lowest BCUT2D eigenvalue weighted by Crippen LogP contribution is -2.33. The van der Waals surface area contributed by atoms with Gasteiger partial charge in [-0.05, 0) is 19.1 Å². The lowest BCUT2D eigenvalue weighted by molar-refractivity contribution is -0.138. The first-order chi connectivity index (χ1) is 15.1. The molecule has 0 saturated heterocycles. The van der Waals surface area contributed by atoms with Gasteiger partial charge in [-0.1, -0.05) is 0 Å². The third-order valence-corrected chi connectivity index (χ3v) is 4.73. The molecule has 0 aromatic carbocycles. The zero-order valence-electron chi connectivity index (χ0n) is 16.4. The van der Waals surface area contributed by atoms with Crippen LogP contribution in [-0.4, -0.2) is 55.4 Å². The maximum Gasteiger partial charge on any atom is 0.408 e. The number of rotatable bonds is 6. The molecule has 1 atom stereocenters. The van der Waals surface area contributed by atoms with Crippen LogP contribution in [0.1, 0.15) is 17.4 Å². The van der Waals surface area contributed by atoms with Crippen molar-refractivity contribution >= 4 is 28.5 Å². The molecule has 4 aromatic heterocycles. The number of imidazole rings is 1. The van der Waals surface area contributed by atoms with Crippen LogP contribution in [0, 0.1) is 0 Å². The number of hydrogen-bond donors (Lipinski definition) is 3. The Bertz CT molecular complexity index is 1280. The van der Waals surface area contributed by atoms with Gasteiger partial charge in [0.05, 0.1) is 12.7 Å². The van der Waals surface area contributed by atoms with Crippen LogP contribution in [0.5, 0.6) is 0 Å². The predicted molar refractivity (Wildman–Crippen MR) is 106 cm³/mol. The topological polar surface area (TPSA) is 100 Å². The number of amides is 1. The highest BCUT2D eigenvalue weighted by atomic mass is 19.4. The quantitative estimate of drug-likeness (QED) is 0.387. The van der Waals surface area contributed by atoms with Crippen LogP contribution in [0.15, 0.2) is 36.9 Å². The van der Waals surface area contributed by atoms with Crippen LogP contribution in [0.4, 0.5) is 27.9 Å². The molecule has 0 radical (unpaired) electrons. The van der Waals surface area contributed by atoms with Crippen molar-refractivity contribution in [1.82, 2.24) is 29.7 Å².